The Balaban J connectivity index is 2.27. The lowest BCUT2D eigenvalue weighted by atomic mass is 10.1. The molecule has 0 aromatic heterocycles. The van der Waals surface area contributed by atoms with E-state index in [1.807, 2.05) is 51.1 Å². The fraction of sp³-hybridized carbons (Fsp3) is 0.571. The first-order valence-electron chi connectivity index (χ1n) is 6.37. The van der Waals surface area contributed by atoms with Gasteiger partial charge >= 0.3 is 0 Å². The van der Waals surface area contributed by atoms with E-state index < -0.39 is 10.0 Å². The summed E-state index contributed by atoms with van der Waals surface area (Å²) in [4.78, 5) is 0. The summed E-state index contributed by atoms with van der Waals surface area (Å²) in [6.45, 7) is 6.32. The van der Waals surface area contributed by atoms with Crippen molar-refractivity contribution in [2.24, 2.45) is 0 Å². The van der Waals surface area contributed by atoms with Gasteiger partial charge in [-0.05, 0) is 39.2 Å². The van der Waals surface area contributed by atoms with Gasteiger partial charge in [0.2, 0.25) is 10.0 Å². The number of hydrogen-bond acceptors (Lipinski definition) is 2. The summed E-state index contributed by atoms with van der Waals surface area (Å²) < 4.78 is 26.6. The number of hydrogen-bond donors (Lipinski definition) is 0. The monoisotopic (exact) mass is 267 g/mol. The lowest BCUT2D eigenvalue weighted by Crippen LogP contribution is -2.46. The Bertz CT molecular complexity index is 498. The molecular formula is C14H21NO2S. The molecule has 0 atom stereocenters. The molecule has 0 aliphatic heterocycles. The van der Waals surface area contributed by atoms with E-state index in [-0.39, 0.29) is 10.8 Å². The third-order valence-corrected chi connectivity index (χ3v) is 5.78. The zero-order valence-electron chi connectivity index (χ0n) is 11.3. The molecule has 18 heavy (non-hydrogen) atoms. The third-order valence-electron chi connectivity index (χ3n) is 3.17. The van der Waals surface area contributed by atoms with Crippen molar-refractivity contribution in [2.75, 3.05) is 0 Å². The molecule has 0 N–H and O–H groups in total. The highest BCUT2D eigenvalue weighted by Gasteiger charge is 2.43. The molecule has 2 rings (SSSR count). The van der Waals surface area contributed by atoms with Gasteiger partial charge in [0.05, 0.1) is 5.25 Å². The quantitative estimate of drug-likeness (QED) is 0.841. The van der Waals surface area contributed by atoms with E-state index in [0.29, 0.717) is 6.54 Å². The summed E-state index contributed by atoms with van der Waals surface area (Å²) in [6.07, 6.45) is 1.62. The summed E-state index contributed by atoms with van der Waals surface area (Å²) in [5.74, 6) is 0. The molecule has 3 nitrogen and oxygen atoms in total. The highest BCUT2D eigenvalue weighted by atomic mass is 32.2. The Morgan fingerprint density at radius 1 is 1.17 bits per heavy atom. The largest absolute Gasteiger partial charge is 0.217 e. The number of benzene rings is 1. The van der Waals surface area contributed by atoms with Crippen LogP contribution in [0.4, 0.5) is 0 Å². The molecule has 0 amide bonds. The average Bonchev–Trinajstić information content (AvgIpc) is 3.09. The smallest absolute Gasteiger partial charge is 0.212 e. The minimum atomic E-state index is -3.15. The highest BCUT2D eigenvalue weighted by Crippen LogP contribution is 2.35. The second kappa shape index (κ2) is 4.67. The molecule has 1 saturated carbocycles. The third kappa shape index (κ3) is 2.93. The minimum absolute atomic E-state index is 0.152. The van der Waals surface area contributed by atoms with Gasteiger partial charge < -0.3 is 0 Å². The van der Waals surface area contributed by atoms with Crippen LogP contribution in [0.5, 0.6) is 0 Å². The van der Waals surface area contributed by atoms with Crippen LogP contribution >= 0.6 is 0 Å². The van der Waals surface area contributed by atoms with Crippen LogP contribution in [0.1, 0.15) is 39.2 Å². The van der Waals surface area contributed by atoms with E-state index in [4.69, 9.17) is 0 Å². The maximum absolute atomic E-state index is 12.5. The molecule has 0 saturated heterocycles. The standard InChI is InChI=1S/C14H21NO2S/c1-14(2,3)15(18(16,17)13-9-10-13)11-12-7-5-4-6-8-12/h4-8,13H,9-11H2,1-3H3. The normalized spacial score (nSPS) is 17.1. The van der Waals surface area contributed by atoms with Crippen molar-refractivity contribution in [3.05, 3.63) is 35.9 Å². The fourth-order valence-corrected chi connectivity index (χ4v) is 4.19. The molecule has 100 valence electrons. The molecule has 4 heteroatoms. The van der Waals surface area contributed by atoms with E-state index >= 15 is 0 Å². The van der Waals surface area contributed by atoms with Gasteiger partial charge in [0.25, 0.3) is 0 Å². The van der Waals surface area contributed by atoms with Crippen LogP contribution in [0.3, 0.4) is 0 Å². The second-order valence-electron chi connectivity index (χ2n) is 5.91. The first kappa shape index (κ1) is 13.6. The first-order valence-corrected chi connectivity index (χ1v) is 7.88. The van der Waals surface area contributed by atoms with E-state index in [1.54, 1.807) is 4.31 Å². The van der Waals surface area contributed by atoms with E-state index in [9.17, 15) is 8.42 Å². The van der Waals surface area contributed by atoms with E-state index in [0.717, 1.165) is 18.4 Å². The average molecular weight is 267 g/mol. The van der Waals surface area contributed by atoms with Crippen molar-refractivity contribution in [2.45, 2.75) is 50.9 Å². The maximum atomic E-state index is 12.5. The summed E-state index contributed by atoms with van der Waals surface area (Å²) >= 11 is 0. The Morgan fingerprint density at radius 2 is 1.72 bits per heavy atom. The Labute approximate surface area is 110 Å². The molecule has 0 radical (unpaired) electrons. The number of rotatable bonds is 4. The highest BCUT2D eigenvalue weighted by molar-refractivity contribution is 7.90. The van der Waals surface area contributed by atoms with Gasteiger partial charge in [-0.3, -0.25) is 0 Å². The first-order chi connectivity index (χ1) is 8.32. The van der Waals surface area contributed by atoms with Gasteiger partial charge in [-0.15, -0.1) is 0 Å². The molecule has 1 aromatic carbocycles. The molecule has 1 aromatic rings. The van der Waals surface area contributed by atoms with Gasteiger partial charge in [-0.2, -0.15) is 4.31 Å². The Kier molecular flexibility index (Phi) is 3.52. The number of nitrogens with zero attached hydrogens (tertiary/aromatic N) is 1. The lowest BCUT2D eigenvalue weighted by molar-refractivity contribution is 0.242. The van der Waals surface area contributed by atoms with Gasteiger partial charge in [-0.25, -0.2) is 8.42 Å². The van der Waals surface area contributed by atoms with Crippen molar-refractivity contribution >= 4 is 10.0 Å². The molecule has 0 unspecified atom stereocenters. The second-order valence-corrected chi connectivity index (χ2v) is 8.04. The van der Waals surface area contributed by atoms with Gasteiger partial charge in [0.15, 0.2) is 0 Å². The van der Waals surface area contributed by atoms with E-state index in [2.05, 4.69) is 0 Å². The summed E-state index contributed by atoms with van der Waals surface area (Å²) in [6, 6.07) is 9.78. The van der Waals surface area contributed by atoms with Crippen LogP contribution in [0.2, 0.25) is 0 Å². The van der Waals surface area contributed by atoms with Gasteiger partial charge in [-0.1, -0.05) is 30.3 Å². The predicted octanol–water partition coefficient (Wildman–Crippen LogP) is 2.78. The van der Waals surface area contributed by atoms with Gasteiger partial charge in [0.1, 0.15) is 0 Å². The van der Waals surface area contributed by atoms with E-state index in [1.165, 1.54) is 0 Å². The zero-order valence-corrected chi connectivity index (χ0v) is 12.1. The molecule has 0 bridgehead atoms. The van der Waals surface area contributed by atoms with Crippen LogP contribution in [0.15, 0.2) is 30.3 Å². The topological polar surface area (TPSA) is 37.4 Å². The number of sulfonamides is 1. The SMILES string of the molecule is CC(C)(C)N(Cc1ccccc1)S(=O)(=O)C1CC1. The molecule has 1 aliphatic carbocycles. The lowest BCUT2D eigenvalue weighted by Gasteiger charge is -2.34. The van der Waals surface area contributed by atoms with Crippen molar-refractivity contribution in [1.82, 2.24) is 4.31 Å². The molecule has 0 spiro atoms. The summed E-state index contributed by atoms with van der Waals surface area (Å²) in [5.41, 5.74) is 0.661. The van der Waals surface area contributed by atoms with Crippen LogP contribution < -0.4 is 0 Å². The Hall–Kier alpha value is -0.870. The Morgan fingerprint density at radius 3 is 2.17 bits per heavy atom. The molecule has 0 heterocycles. The zero-order chi connectivity index (χ0) is 13.4. The fourth-order valence-electron chi connectivity index (χ4n) is 2.00. The van der Waals surface area contributed by atoms with Crippen molar-refractivity contribution in [3.8, 4) is 0 Å². The molecule has 1 aliphatic rings. The van der Waals surface area contributed by atoms with Crippen molar-refractivity contribution < 1.29 is 8.42 Å². The van der Waals surface area contributed by atoms with Crippen molar-refractivity contribution in [3.63, 3.8) is 0 Å². The maximum Gasteiger partial charge on any atom is 0.217 e. The van der Waals surface area contributed by atoms with Crippen LogP contribution in [0, 0.1) is 0 Å². The van der Waals surface area contributed by atoms with Crippen molar-refractivity contribution in [1.29, 1.82) is 0 Å². The predicted molar refractivity (Wildman–Crippen MR) is 73.7 cm³/mol. The minimum Gasteiger partial charge on any atom is -0.212 e. The molecular weight excluding hydrogens is 246 g/mol. The van der Waals surface area contributed by atoms with Crippen LogP contribution in [-0.2, 0) is 16.6 Å². The van der Waals surface area contributed by atoms with Crippen LogP contribution in [-0.4, -0.2) is 23.5 Å². The summed E-state index contributed by atoms with van der Waals surface area (Å²) in [5, 5.41) is -0.152. The molecule has 1 fully saturated rings. The van der Waals surface area contributed by atoms with Crippen LogP contribution in [0.25, 0.3) is 0 Å². The van der Waals surface area contributed by atoms with Gasteiger partial charge in [0, 0.05) is 12.1 Å². The summed E-state index contributed by atoms with van der Waals surface area (Å²) in [7, 11) is -3.15.